The van der Waals surface area contributed by atoms with E-state index >= 15 is 0 Å². The van der Waals surface area contributed by atoms with Crippen molar-refractivity contribution in [3.63, 3.8) is 0 Å². The van der Waals surface area contributed by atoms with Crippen LogP contribution in [-0.2, 0) is 19.4 Å². The number of aryl methyl sites for hydroxylation is 2. The highest BCUT2D eigenvalue weighted by atomic mass is 32.1. The fraction of sp³-hybridized carbons (Fsp3) is 0.267. The smallest absolute Gasteiger partial charge is 0.263 e. The third-order valence-corrected chi connectivity index (χ3v) is 5.47. The molecule has 3 aromatic heterocycles. The van der Waals surface area contributed by atoms with Crippen LogP contribution in [0.15, 0.2) is 29.3 Å². The third kappa shape index (κ3) is 2.06. The molecule has 0 aliphatic heterocycles. The summed E-state index contributed by atoms with van der Waals surface area (Å²) < 4.78 is 2.14. The van der Waals surface area contributed by atoms with E-state index in [1.807, 2.05) is 12.1 Å². The molecule has 0 fully saturated rings. The number of hydrogen-bond donors (Lipinski definition) is 1. The van der Waals surface area contributed by atoms with Crippen molar-refractivity contribution < 1.29 is 0 Å². The molecular weight excluding hydrogens is 302 g/mol. The van der Waals surface area contributed by atoms with Gasteiger partial charge >= 0.3 is 0 Å². The highest BCUT2D eigenvalue weighted by molar-refractivity contribution is 7.71. The maximum atomic E-state index is 12.8. The second-order valence-corrected chi connectivity index (χ2v) is 6.73. The van der Waals surface area contributed by atoms with Crippen LogP contribution in [0.5, 0.6) is 0 Å². The van der Waals surface area contributed by atoms with Crippen molar-refractivity contribution in [3.05, 3.63) is 55.7 Å². The minimum atomic E-state index is 0.0324. The van der Waals surface area contributed by atoms with Gasteiger partial charge in [-0.2, -0.15) is 0 Å². The van der Waals surface area contributed by atoms with Crippen LogP contribution in [-0.4, -0.2) is 14.5 Å². The topological polar surface area (TPSA) is 50.7 Å². The molecule has 1 aliphatic rings. The summed E-state index contributed by atoms with van der Waals surface area (Å²) in [5, 5.41) is 0.843. The maximum absolute atomic E-state index is 12.8. The molecule has 0 saturated heterocycles. The summed E-state index contributed by atoms with van der Waals surface area (Å²) in [6.45, 7) is 0.483. The lowest BCUT2D eigenvalue weighted by atomic mass is 10.2. The lowest BCUT2D eigenvalue weighted by Gasteiger charge is -2.07. The predicted molar refractivity (Wildman–Crippen MR) is 86.6 cm³/mol. The lowest BCUT2D eigenvalue weighted by Crippen LogP contribution is -2.22. The van der Waals surface area contributed by atoms with Crippen LogP contribution in [0.1, 0.15) is 22.4 Å². The lowest BCUT2D eigenvalue weighted by molar-refractivity contribution is 0.733. The Labute approximate surface area is 130 Å². The maximum Gasteiger partial charge on any atom is 0.263 e. The van der Waals surface area contributed by atoms with Crippen molar-refractivity contribution >= 4 is 33.8 Å². The molecule has 1 aliphatic carbocycles. The van der Waals surface area contributed by atoms with Gasteiger partial charge in [-0.25, -0.2) is 0 Å². The molecule has 0 atom stereocenters. The van der Waals surface area contributed by atoms with Crippen LogP contribution >= 0.6 is 23.6 Å². The Morgan fingerprint density at radius 1 is 1.33 bits per heavy atom. The Hall–Kier alpha value is -1.79. The minimum absolute atomic E-state index is 0.0324. The van der Waals surface area contributed by atoms with Gasteiger partial charge in [-0.05, 0) is 54.7 Å². The van der Waals surface area contributed by atoms with E-state index < -0.39 is 0 Å². The minimum Gasteiger partial charge on any atom is -0.323 e. The van der Waals surface area contributed by atoms with Crippen molar-refractivity contribution in [2.24, 2.45) is 0 Å². The average molecular weight is 315 g/mol. The molecule has 0 unspecified atom stereocenters. The van der Waals surface area contributed by atoms with Crippen molar-refractivity contribution in [1.82, 2.24) is 14.5 Å². The zero-order valence-corrected chi connectivity index (χ0v) is 12.9. The highest BCUT2D eigenvalue weighted by Crippen LogP contribution is 2.34. The first-order valence-electron chi connectivity index (χ1n) is 6.90. The molecule has 4 nitrogen and oxygen atoms in total. The molecule has 3 aromatic rings. The first-order chi connectivity index (χ1) is 10.2. The zero-order chi connectivity index (χ0) is 14.4. The van der Waals surface area contributed by atoms with E-state index in [0.717, 1.165) is 35.0 Å². The number of nitrogens with zero attached hydrogens (tertiary/aromatic N) is 2. The molecule has 0 aromatic carbocycles. The molecule has 106 valence electrons. The summed E-state index contributed by atoms with van der Waals surface area (Å²) in [6.07, 6.45) is 6.70. The molecular formula is C15H13N3OS2. The zero-order valence-electron chi connectivity index (χ0n) is 11.3. The van der Waals surface area contributed by atoms with Crippen LogP contribution in [0.2, 0.25) is 0 Å². The van der Waals surface area contributed by atoms with Gasteiger partial charge in [0.05, 0.1) is 11.9 Å². The van der Waals surface area contributed by atoms with Gasteiger partial charge in [0.2, 0.25) is 0 Å². The Morgan fingerprint density at radius 2 is 2.14 bits per heavy atom. The molecule has 3 heterocycles. The number of hydrogen-bond acceptors (Lipinski definition) is 4. The number of aromatic nitrogens is 3. The van der Waals surface area contributed by atoms with Crippen molar-refractivity contribution in [3.8, 4) is 0 Å². The number of aromatic amines is 1. The van der Waals surface area contributed by atoms with Gasteiger partial charge < -0.3 is 4.98 Å². The number of pyridine rings is 1. The van der Waals surface area contributed by atoms with Crippen LogP contribution in [0.25, 0.3) is 10.2 Å². The van der Waals surface area contributed by atoms with Crippen LogP contribution < -0.4 is 5.56 Å². The van der Waals surface area contributed by atoms with Crippen molar-refractivity contribution in [2.75, 3.05) is 0 Å². The van der Waals surface area contributed by atoms with E-state index in [-0.39, 0.29) is 5.56 Å². The van der Waals surface area contributed by atoms with Gasteiger partial charge in [-0.15, -0.1) is 11.3 Å². The summed E-state index contributed by atoms with van der Waals surface area (Å²) in [6, 6.07) is 3.81. The first kappa shape index (κ1) is 12.9. The summed E-state index contributed by atoms with van der Waals surface area (Å²) in [5.41, 5.74) is 2.29. The highest BCUT2D eigenvalue weighted by Gasteiger charge is 2.21. The Kier molecular flexibility index (Phi) is 3.01. The molecule has 0 amide bonds. The molecule has 0 bridgehead atoms. The number of nitrogens with one attached hydrogen (secondary N) is 1. The van der Waals surface area contributed by atoms with Gasteiger partial charge in [0, 0.05) is 17.3 Å². The molecule has 0 spiro atoms. The Balaban J connectivity index is 1.93. The Bertz CT molecular complexity index is 937. The van der Waals surface area contributed by atoms with E-state index in [1.165, 1.54) is 10.4 Å². The van der Waals surface area contributed by atoms with Gasteiger partial charge in [0.1, 0.15) is 4.83 Å². The predicted octanol–water partition coefficient (Wildman–Crippen LogP) is 3.05. The number of fused-ring (bicyclic) bond motifs is 3. The van der Waals surface area contributed by atoms with Crippen LogP contribution in [0, 0.1) is 4.77 Å². The van der Waals surface area contributed by atoms with E-state index in [2.05, 4.69) is 9.97 Å². The third-order valence-electron chi connectivity index (χ3n) is 3.94. The SMILES string of the molecule is O=c1c2c3c(sc2[nH]c(=S)n1Cc1ccncc1)CCC3. The fourth-order valence-corrected chi connectivity index (χ4v) is 4.52. The summed E-state index contributed by atoms with van der Waals surface area (Å²) in [4.78, 5) is 22.3. The normalized spacial score (nSPS) is 13.7. The first-order valence-corrected chi connectivity index (χ1v) is 8.13. The molecule has 0 saturated carbocycles. The molecule has 1 N–H and O–H groups in total. The quantitative estimate of drug-likeness (QED) is 0.740. The van der Waals surface area contributed by atoms with Crippen molar-refractivity contribution in [2.45, 2.75) is 25.8 Å². The largest absolute Gasteiger partial charge is 0.323 e. The Morgan fingerprint density at radius 3 is 2.95 bits per heavy atom. The van der Waals surface area contributed by atoms with Gasteiger partial charge in [-0.1, -0.05) is 0 Å². The van der Waals surface area contributed by atoms with Gasteiger partial charge in [0.15, 0.2) is 4.77 Å². The molecule has 6 heteroatoms. The fourth-order valence-electron chi connectivity index (χ4n) is 2.92. The number of thiophene rings is 1. The average Bonchev–Trinajstić information content (AvgIpc) is 3.04. The van der Waals surface area contributed by atoms with E-state index in [1.54, 1.807) is 28.3 Å². The van der Waals surface area contributed by atoms with Gasteiger partial charge in [0.25, 0.3) is 5.56 Å². The number of H-pyrrole nitrogens is 1. The molecule has 21 heavy (non-hydrogen) atoms. The summed E-state index contributed by atoms with van der Waals surface area (Å²) in [7, 11) is 0. The second-order valence-electron chi connectivity index (χ2n) is 5.24. The molecule has 0 radical (unpaired) electrons. The van der Waals surface area contributed by atoms with Crippen molar-refractivity contribution in [1.29, 1.82) is 0 Å². The summed E-state index contributed by atoms with van der Waals surface area (Å²) >= 11 is 7.06. The van der Waals surface area contributed by atoms with E-state index in [4.69, 9.17) is 12.2 Å². The van der Waals surface area contributed by atoms with Gasteiger partial charge in [-0.3, -0.25) is 14.3 Å². The summed E-state index contributed by atoms with van der Waals surface area (Å²) in [5.74, 6) is 0. The van der Waals surface area contributed by atoms with E-state index in [0.29, 0.717) is 11.3 Å². The van der Waals surface area contributed by atoms with E-state index in [9.17, 15) is 4.79 Å². The standard InChI is InChI=1S/C15H13N3OS2/c19-14-12-10-2-1-3-11(10)21-13(12)17-15(20)18(14)8-9-4-6-16-7-5-9/h4-7H,1-3,8H2,(H,17,20). The second kappa shape index (κ2) is 4.89. The molecule has 4 rings (SSSR count). The monoisotopic (exact) mass is 315 g/mol. The van der Waals surface area contributed by atoms with Crippen LogP contribution in [0.3, 0.4) is 0 Å². The van der Waals surface area contributed by atoms with Crippen LogP contribution in [0.4, 0.5) is 0 Å². The number of rotatable bonds is 2.